The van der Waals surface area contributed by atoms with Crippen molar-refractivity contribution in [1.82, 2.24) is 0 Å². The van der Waals surface area contributed by atoms with Crippen LogP contribution < -0.4 is 0 Å². The molecule has 0 aliphatic rings. The summed E-state index contributed by atoms with van der Waals surface area (Å²) in [6, 6.07) is 0. The lowest BCUT2D eigenvalue weighted by Crippen LogP contribution is -2.00. The Hall–Kier alpha value is -0.640. The number of methoxy groups -OCH3 is 1. The minimum absolute atomic E-state index is 0.0620. The van der Waals surface area contributed by atoms with Crippen LogP contribution >= 0.6 is 7.60 Å². The van der Waals surface area contributed by atoms with Crippen molar-refractivity contribution in [1.29, 1.82) is 0 Å². The highest BCUT2D eigenvalue weighted by Crippen LogP contribution is 2.55. The average Bonchev–Trinajstić information content (AvgIpc) is 2.25. The molecule has 0 amide bonds. The van der Waals surface area contributed by atoms with Gasteiger partial charge in [0.2, 0.25) is 0 Å². The smallest absolute Gasteiger partial charge is 0.356 e. The maximum absolute atomic E-state index is 12.1. The molecular formula is C10H19O5P. The number of allylic oxidation sites excluding steroid dienone is 1. The van der Waals surface area contributed by atoms with Crippen LogP contribution in [0.15, 0.2) is 11.4 Å². The van der Waals surface area contributed by atoms with Crippen molar-refractivity contribution in [2.75, 3.05) is 20.3 Å². The number of esters is 1. The van der Waals surface area contributed by atoms with Gasteiger partial charge >= 0.3 is 13.6 Å². The van der Waals surface area contributed by atoms with Gasteiger partial charge in [0.1, 0.15) is 0 Å². The van der Waals surface area contributed by atoms with E-state index < -0.39 is 7.60 Å². The van der Waals surface area contributed by atoms with Gasteiger partial charge in [-0.1, -0.05) is 6.08 Å². The van der Waals surface area contributed by atoms with Gasteiger partial charge in [0.05, 0.1) is 26.7 Å². The van der Waals surface area contributed by atoms with Crippen molar-refractivity contribution in [2.24, 2.45) is 0 Å². The first-order chi connectivity index (χ1) is 7.50. The lowest BCUT2D eigenvalue weighted by Gasteiger charge is -2.17. The largest absolute Gasteiger partial charge is 0.469 e. The molecule has 0 spiro atoms. The van der Waals surface area contributed by atoms with Crippen molar-refractivity contribution >= 4 is 13.6 Å². The lowest BCUT2D eigenvalue weighted by molar-refractivity contribution is -0.139. The molecule has 16 heavy (non-hydrogen) atoms. The van der Waals surface area contributed by atoms with E-state index in [9.17, 15) is 9.36 Å². The Morgan fingerprint density at radius 2 is 1.75 bits per heavy atom. The molecule has 0 saturated carbocycles. The summed E-state index contributed by atoms with van der Waals surface area (Å²) in [4.78, 5) is 10.9. The van der Waals surface area contributed by atoms with Gasteiger partial charge in [-0.05, 0) is 20.8 Å². The highest BCUT2D eigenvalue weighted by Gasteiger charge is 2.25. The van der Waals surface area contributed by atoms with Crippen molar-refractivity contribution in [3.05, 3.63) is 11.4 Å². The van der Waals surface area contributed by atoms with Crippen molar-refractivity contribution in [2.45, 2.75) is 27.2 Å². The fraction of sp³-hybridized carbons (Fsp3) is 0.700. The van der Waals surface area contributed by atoms with Crippen molar-refractivity contribution < 1.29 is 23.1 Å². The number of hydrogen-bond acceptors (Lipinski definition) is 5. The zero-order chi connectivity index (χ0) is 12.6. The Labute approximate surface area is 96.3 Å². The van der Waals surface area contributed by atoms with Gasteiger partial charge in [-0.3, -0.25) is 9.36 Å². The van der Waals surface area contributed by atoms with Crippen LogP contribution in [0.2, 0.25) is 0 Å². The molecule has 0 heterocycles. The van der Waals surface area contributed by atoms with Crippen molar-refractivity contribution in [3.63, 3.8) is 0 Å². The van der Waals surface area contributed by atoms with E-state index >= 15 is 0 Å². The highest BCUT2D eigenvalue weighted by molar-refractivity contribution is 7.58. The SMILES string of the molecule is CCOP(=O)(OCC)C(C)=CCC(=O)OC. The number of carbonyl (C=O) groups is 1. The lowest BCUT2D eigenvalue weighted by atomic mass is 10.4. The third kappa shape index (κ3) is 4.92. The summed E-state index contributed by atoms with van der Waals surface area (Å²) < 4.78 is 26.8. The molecule has 0 atom stereocenters. The molecule has 0 radical (unpaired) electrons. The summed E-state index contributed by atoms with van der Waals surface area (Å²) in [5, 5.41) is 0.432. The second-order valence-corrected chi connectivity index (χ2v) is 5.18. The molecule has 0 N–H and O–H groups in total. The van der Waals surface area contributed by atoms with Gasteiger partial charge in [-0.2, -0.15) is 0 Å². The summed E-state index contributed by atoms with van der Waals surface area (Å²) in [5.74, 6) is -0.390. The third-order valence-corrected chi connectivity index (χ3v) is 4.06. The van der Waals surface area contributed by atoms with Crippen LogP contribution in [0.3, 0.4) is 0 Å². The first kappa shape index (κ1) is 15.4. The molecule has 0 aromatic heterocycles. The molecule has 0 aromatic carbocycles. The van der Waals surface area contributed by atoms with Crippen LogP contribution in [0, 0.1) is 0 Å². The van der Waals surface area contributed by atoms with E-state index in [1.807, 2.05) is 0 Å². The second kappa shape index (κ2) is 7.60. The second-order valence-electron chi connectivity index (χ2n) is 2.96. The Bertz CT molecular complexity index is 288. The molecule has 0 fully saturated rings. The minimum Gasteiger partial charge on any atom is -0.469 e. The van der Waals surface area contributed by atoms with E-state index in [1.54, 1.807) is 20.8 Å². The third-order valence-electron chi connectivity index (χ3n) is 1.82. The van der Waals surface area contributed by atoms with Gasteiger partial charge in [0.25, 0.3) is 0 Å². The molecule has 0 aromatic rings. The monoisotopic (exact) mass is 250 g/mol. The van der Waals surface area contributed by atoms with Crippen LogP contribution in [-0.4, -0.2) is 26.3 Å². The Morgan fingerprint density at radius 3 is 2.12 bits per heavy atom. The van der Waals surface area contributed by atoms with E-state index in [2.05, 4.69) is 4.74 Å². The van der Waals surface area contributed by atoms with E-state index in [4.69, 9.17) is 9.05 Å². The van der Waals surface area contributed by atoms with E-state index in [0.29, 0.717) is 18.5 Å². The molecule has 6 heteroatoms. The molecular weight excluding hydrogens is 231 g/mol. The zero-order valence-corrected chi connectivity index (χ0v) is 11.1. The van der Waals surface area contributed by atoms with E-state index in [0.717, 1.165) is 0 Å². The van der Waals surface area contributed by atoms with Crippen LogP contribution in [0.5, 0.6) is 0 Å². The number of hydrogen-bond donors (Lipinski definition) is 0. The first-order valence-corrected chi connectivity index (χ1v) is 6.67. The maximum Gasteiger partial charge on any atom is 0.356 e. The summed E-state index contributed by atoms with van der Waals surface area (Å²) >= 11 is 0. The molecule has 0 aliphatic heterocycles. The Morgan fingerprint density at radius 1 is 1.25 bits per heavy atom. The first-order valence-electron chi connectivity index (χ1n) is 5.13. The van der Waals surface area contributed by atoms with Gasteiger partial charge < -0.3 is 13.8 Å². The fourth-order valence-corrected chi connectivity index (χ4v) is 2.48. The van der Waals surface area contributed by atoms with Gasteiger partial charge in [-0.15, -0.1) is 0 Å². The number of ether oxygens (including phenoxy) is 1. The molecule has 0 aliphatic carbocycles. The van der Waals surface area contributed by atoms with Crippen LogP contribution in [0.4, 0.5) is 0 Å². The average molecular weight is 250 g/mol. The molecule has 0 bridgehead atoms. The van der Waals surface area contributed by atoms with Gasteiger partial charge in [0, 0.05) is 5.31 Å². The summed E-state index contributed by atoms with van der Waals surface area (Å²) in [5.41, 5.74) is 0. The topological polar surface area (TPSA) is 61.8 Å². The Balaban J connectivity index is 4.66. The molecule has 0 saturated heterocycles. The highest BCUT2D eigenvalue weighted by atomic mass is 31.2. The molecule has 5 nitrogen and oxygen atoms in total. The van der Waals surface area contributed by atoms with E-state index in [1.165, 1.54) is 13.2 Å². The predicted molar refractivity (Wildman–Crippen MR) is 61.2 cm³/mol. The predicted octanol–water partition coefficient (Wildman–Crippen LogP) is 2.72. The van der Waals surface area contributed by atoms with Crippen LogP contribution in [0.25, 0.3) is 0 Å². The quantitative estimate of drug-likeness (QED) is 0.513. The number of carbonyl (C=O) groups excluding carboxylic acids is 1. The molecule has 94 valence electrons. The standard InChI is InChI=1S/C10H19O5P/c1-5-14-16(12,15-6-2)9(3)7-8-10(11)13-4/h7H,5-6,8H2,1-4H3. The summed E-state index contributed by atoms with van der Waals surface area (Å²) in [6.07, 6.45) is 1.57. The van der Waals surface area contributed by atoms with Gasteiger partial charge in [-0.25, -0.2) is 0 Å². The van der Waals surface area contributed by atoms with Crippen molar-refractivity contribution in [3.8, 4) is 0 Å². The maximum atomic E-state index is 12.1. The molecule has 0 rings (SSSR count). The van der Waals surface area contributed by atoms with Gasteiger partial charge in [0.15, 0.2) is 0 Å². The summed E-state index contributed by atoms with van der Waals surface area (Å²) in [6.45, 7) is 5.68. The van der Waals surface area contributed by atoms with Crippen LogP contribution in [0.1, 0.15) is 27.2 Å². The zero-order valence-electron chi connectivity index (χ0n) is 10.2. The van der Waals surface area contributed by atoms with E-state index in [-0.39, 0.29) is 12.4 Å². The number of rotatable bonds is 7. The molecule has 0 unspecified atom stereocenters. The summed E-state index contributed by atoms with van der Waals surface area (Å²) in [7, 11) is -1.92. The normalized spacial score (nSPS) is 12.6. The minimum atomic E-state index is -3.22. The fourth-order valence-electron chi connectivity index (χ4n) is 1.01. The van der Waals surface area contributed by atoms with Crippen LogP contribution in [-0.2, 0) is 23.1 Å². The Kier molecular flexibility index (Phi) is 7.30.